The number of carbonyl (C=O) groups is 1. The number of aliphatic hydroxyl groups is 1. The number of halogens is 3. The molecule has 0 aliphatic rings. The lowest BCUT2D eigenvalue weighted by Gasteiger charge is -2.19. The smallest absolute Gasteiger partial charge is 0.251 e. The molecular formula is C12H14BrF2NO2. The van der Waals surface area contributed by atoms with Crippen LogP contribution in [0.4, 0.5) is 8.78 Å². The molecule has 0 saturated carbocycles. The molecule has 0 saturated heterocycles. The Morgan fingerprint density at radius 2 is 1.94 bits per heavy atom. The SMILES string of the molecule is O=C(CN(CCO)CC(F)F)c1ccc(Br)cc1. The molecule has 1 rings (SSSR count). The lowest BCUT2D eigenvalue weighted by Crippen LogP contribution is -2.36. The molecule has 1 aromatic carbocycles. The first-order valence-electron chi connectivity index (χ1n) is 5.43. The Hall–Kier alpha value is -0.850. The van der Waals surface area contributed by atoms with Crippen molar-refractivity contribution < 1.29 is 18.7 Å². The van der Waals surface area contributed by atoms with E-state index < -0.39 is 13.0 Å². The third kappa shape index (κ3) is 5.20. The van der Waals surface area contributed by atoms with Gasteiger partial charge in [-0.25, -0.2) is 8.78 Å². The highest BCUT2D eigenvalue weighted by Crippen LogP contribution is 2.11. The topological polar surface area (TPSA) is 40.5 Å². The number of Topliss-reactive ketones (excluding diaryl/α,β-unsaturated/α-hetero) is 1. The van der Waals surface area contributed by atoms with Crippen LogP contribution < -0.4 is 0 Å². The van der Waals surface area contributed by atoms with E-state index in [1.807, 2.05) is 0 Å². The Morgan fingerprint density at radius 3 is 2.44 bits per heavy atom. The van der Waals surface area contributed by atoms with Crippen LogP contribution in [0.5, 0.6) is 0 Å². The molecule has 0 fully saturated rings. The van der Waals surface area contributed by atoms with E-state index in [9.17, 15) is 13.6 Å². The van der Waals surface area contributed by atoms with Crippen molar-refractivity contribution in [2.75, 3.05) is 26.2 Å². The van der Waals surface area contributed by atoms with E-state index in [0.29, 0.717) is 5.56 Å². The van der Waals surface area contributed by atoms with Gasteiger partial charge in [0.05, 0.1) is 19.7 Å². The fourth-order valence-corrected chi connectivity index (χ4v) is 1.77. The van der Waals surface area contributed by atoms with E-state index >= 15 is 0 Å². The van der Waals surface area contributed by atoms with Gasteiger partial charge >= 0.3 is 0 Å². The van der Waals surface area contributed by atoms with Gasteiger partial charge in [-0.3, -0.25) is 9.69 Å². The van der Waals surface area contributed by atoms with Gasteiger partial charge in [-0.15, -0.1) is 0 Å². The Labute approximate surface area is 113 Å². The highest BCUT2D eigenvalue weighted by atomic mass is 79.9. The van der Waals surface area contributed by atoms with Gasteiger partial charge in [-0.05, 0) is 12.1 Å². The Kier molecular flexibility index (Phi) is 6.38. The maximum atomic E-state index is 12.3. The van der Waals surface area contributed by atoms with Crippen molar-refractivity contribution in [3.8, 4) is 0 Å². The van der Waals surface area contributed by atoms with E-state index in [-0.39, 0.29) is 25.5 Å². The Bertz CT molecular complexity index is 384. The van der Waals surface area contributed by atoms with E-state index in [4.69, 9.17) is 5.11 Å². The lowest BCUT2D eigenvalue weighted by atomic mass is 10.1. The fraction of sp³-hybridized carbons (Fsp3) is 0.417. The molecule has 0 radical (unpaired) electrons. The van der Waals surface area contributed by atoms with Crippen LogP contribution in [-0.2, 0) is 0 Å². The molecule has 3 nitrogen and oxygen atoms in total. The van der Waals surface area contributed by atoms with Crippen molar-refractivity contribution in [2.24, 2.45) is 0 Å². The molecule has 1 aromatic rings. The number of nitrogens with zero attached hydrogens (tertiary/aromatic N) is 1. The molecule has 0 spiro atoms. The minimum atomic E-state index is -2.52. The number of ketones is 1. The van der Waals surface area contributed by atoms with Gasteiger partial charge < -0.3 is 5.11 Å². The normalized spacial score (nSPS) is 11.2. The number of aliphatic hydroxyl groups excluding tert-OH is 1. The zero-order chi connectivity index (χ0) is 13.5. The summed E-state index contributed by atoms with van der Waals surface area (Å²) in [7, 11) is 0. The number of rotatable bonds is 7. The van der Waals surface area contributed by atoms with Gasteiger partial charge in [0.1, 0.15) is 0 Å². The van der Waals surface area contributed by atoms with Crippen LogP contribution in [0.1, 0.15) is 10.4 Å². The zero-order valence-corrected chi connectivity index (χ0v) is 11.2. The second-order valence-electron chi connectivity index (χ2n) is 3.78. The van der Waals surface area contributed by atoms with E-state index in [1.54, 1.807) is 24.3 Å². The van der Waals surface area contributed by atoms with Gasteiger partial charge in [-0.2, -0.15) is 0 Å². The van der Waals surface area contributed by atoms with E-state index in [0.717, 1.165) is 4.47 Å². The molecule has 18 heavy (non-hydrogen) atoms. The third-order valence-corrected chi connectivity index (χ3v) is 2.87. The maximum Gasteiger partial charge on any atom is 0.251 e. The lowest BCUT2D eigenvalue weighted by molar-refractivity contribution is 0.0689. The van der Waals surface area contributed by atoms with Gasteiger partial charge in [0.25, 0.3) is 6.43 Å². The van der Waals surface area contributed by atoms with Crippen molar-refractivity contribution in [2.45, 2.75) is 6.43 Å². The number of benzene rings is 1. The summed E-state index contributed by atoms with van der Waals surface area (Å²) < 4.78 is 25.4. The molecule has 1 N–H and O–H groups in total. The first-order valence-corrected chi connectivity index (χ1v) is 6.22. The highest BCUT2D eigenvalue weighted by Gasteiger charge is 2.16. The molecule has 100 valence electrons. The predicted octanol–water partition coefficient (Wildman–Crippen LogP) is 2.19. The molecular weight excluding hydrogens is 308 g/mol. The van der Waals surface area contributed by atoms with Gasteiger partial charge in [0, 0.05) is 16.6 Å². The van der Waals surface area contributed by atoms with Gasteiger partial charge in [0.15, 0.2) is 5.78 Å². The minimum Gasteiger partial charge on any atom is -0.395 e. The molecule has 0 aromatic heterocycles. The fourth-order valence-electron chi connectivity index (χ4n) is 1.50. The zero-order valence-electron chi connectivity index (χ0n) is 9.65. The Balaban J connectivity index is 2.62. The second kappa shape index (κ2) is 7.56. The van der Waals surface area contributed by atoms with Crippen molar-refractivity contribution in [1.29, 1.82) is 0 Å². The minimum absolute atomic E-state index is 0.0621. The van der Waals surface area contributed by atoms with Crippen LogP contribution in [0.15, 0.2) is 28.7 Å². The van der Waals surface area contributed by atoms with Crippen LogP contribution in [0, 0.1) is 0 Å². The molecule has 0 aliphatic carbocycles. The number of hydrogen-bond donors (Lipinski definition) is 1. The number of carbonyl (C=O) groups excluding carboxylic acids is 1. The average molecular weight is 322 g/mol. The number of hydrogen-bond acceptors (Lipinski definition) is 3. The largest absolute Gasteiger partial charge is 0.395 e. The molecule has 0 bridgehead atoms. The maximum absolute atomic E-state index is 12.3. The second-order valence-corrected chi connectivity index (χ2v) is 4.70. The van der Waals surface area contributed by atoms with Crippen molar-refractivity contribution in [3.63, 3.8) is 0 Å². The van der Waals surface area contributed by atoms with Crippen LogP contribution in [0.2, 0.25) is 0 Å². The highest BCUT2D eigenvalue weighted by molar-refractivity contribution is 9.10. The monoisotopic (exact) mass is 321 g/mol. The summed E-state index contributed by atoms with van der Waals surface area (Å²) in [6.07, 6.45) is -2.52. The summed E-state index contributed by atoms with van der Waals surface area (Å²) in [4.78, 5) is 13.1. The van der Waals surface area contributed by atoms with Crippen LogP contribution >= 0.6 is 15.9 Å². The summed E-state index contributed by atoms with van der Waals surface area (Å²) in [5.74, 6) is -0.239. The average Bonchev–Trinajstić information content (AvgIpc) is 2.29. The van der Waals surface area contributed by atoms with Crippen LogP contribution in [-0.4, -0.2) is 48.5 Å². The first kappa shape index (κ1) is 15.2. The molecule has 0 aliphatic heterocycles. The van der Waals surface area contributed by atoms with Gasteiger partial charge in [-0.1, -0.05) is 28.1 Å². The number of alkyl halides is 2. The third-order valence-electron chi connectivity index (χ3n) is 2.35. The van der Waals surface area contributed by atoms with Crippen LogP contribution in [0.3, 0.4) is 0 Å². The molecule has 0 amide bonds. The summed E-state index contributed by atoms with van der Waals surface area (Å²) >= 11 is 3.25. The van der Waals surface area contributed by atoms with Gasteiger partial charge in [0.2, 0.25) is 0 Å². The van der Waals surface area contributed by atoms with E-state index in [1.165, 1.54) is 4.90 Å². The van der Waals surface area contributed by atoms with Crippen molar-refractivity contribution >= 4 is 21.7 Å². The summed E-state index contributed by atoms with van der Waals surface area (Å²) in [6, 6.07) is 6.70. The quantitative estimate of drug-likeness (QED) is 0.783. The molecule has 6 heteroatoms. The summed E-state index contributed by atoms with van der Waals surface area (Å²) in [5, 5.41) is 8.77. The first-order chi connectivity index (χ1) is 8.52. The molecule has 0 unspecified atom stereocenters. The van der Waals surface area contributed by atoms with E-state index in [2.05, 4.69) is 15.9 Å². The predicted molar refractivity (Wildman–Crippen MR) is 68.0 cm³/mol. The van der Waals surface area contributed by atoms with Crippen LogP contribution in [0.25, 0.3) is 0 Å². The summed E-state index contributed by atoms with van der Waals surface area (Å²) in [5.41, 5.74) is 0.468. The summed E-state index contributed by atoms with van der Waals surface area (Å²) in [6.45, 7) is -0.817. The Morgan fingerprint density at radius 1 is 1.33 bits per heavy atom. The molecule has 0 atom stereocenters. The van der Waals surface area contributed by atoms with Crippen molar-refractivity contribution in [1.82, 2.24) is 4.90 Å². The molecule has 0 heterocycles. The standard InChI is InChI=1S/C12H14BrF2NO2/c13-10-3-1-9(2-4-10)11(18)7-16(5-6-17)8-12(14)15/h1-4,12,17H,5-8H2. The van der Waals surface area contributed by atoms with Crippen molar-refractivity contribution in [3.05, 3.63) is 34.3 Å².